The summed E-state index contributed by atoms with van der Waals surface area (Å²) < 4.78 is 0.619. The van der Waals surface area contributed by atoms with E-state index < -0.39 is 0 Å². The van der Waals surface area contributed by atoms with Crippen molar-refractivity contribution in [2.24, 2.45) is 0 Å². The molecule has 0 spiro atoms. The molecule has 0 aliphatic rings. The number of carbonyl (C=O) groups is 1. The Bertz CT molecular complexity index is 585. The lowest BCUT2D eigenvalue weighted by Gasteiger charge is -2.08. The van der Waals surface area contributed by atoms with Gasteiger partial charge in [0.05, 0.1) is 0 Å². The molecule has 0 unspecified atom stereocenters. The van der Waals surface area contributed by atoms with Crippen molar-refractivity contribution in [3.05, 3.63) is 33.8 Å². The molecule has 0 bridgehead atoms. The molecule has 1 heterocycles. The number of nitrogens with zero attached hydrogens (tertiary/aromatic N) is 2. The monoisotopic (exact) mass is 299 g/mol. The van der Waals surface area contributed by atoms with Crippen LogP contribution in [0, 0.1) is 0 Å². The third kappa shape index (κ3) is 3.44. The summed E-state index contributed by atoms with van der Waals surface area (Å²) in [6.45, 7) is 1.47. The lowest BCUT2D eigenvalue weighted by atomic mass is 10.1. The van der Waals surface area contributed by atoms with E-state index in [-0.39, 0.29) is 5.91 Å². The Morgan fingerprint density at radius 1 is 1.50 bits per heavy atom. The van der Waals surface area contributed by atoms with Gasteiger partial charge in [0, 0.05) is 24.1 Å². The van der Waals surface area contributed by atoms with Gasteiger partial charge in [0.1, 0.15) is 5.01 Å². The second kappa shape index (κ2) is 5.69. The number of halogens is 1. The highest BCUT2D eigenvalue weighted by Crippen LogP contribution is 2.25. The van der Waals surface area contributed by atoms with E-state index in [1.54, 1.807) is 12.1 Å². The highest BCUT2D eigenvalue weighted by atomic mass is 35.5. The molecule has 0 saturated heterocycles. The Balaban J connectivity index is 2.29. The zero-order valence-electron chi connectivity index (χ0n) is 9.48. The fraction of sp³-hybridized carbons (Fsp3) is 0.182. The van der Waals surface area contributed by atoms with Gasteiger partial charge in [-0.1, -0.05) is 22.9 Å². The Kier molecular flexibility index (Phi) is 4.21. The van der Waals surface area contributed by atoms with Gasteiger partial charge in [0.25, 0.3) is 0 Å². The van der Waals surface area contributed by atoms with E-state index in [0.717, 1.165) is 16.3 Å². The molecule has 0 atom stereocenters. The maximum absolute atomic E-state index is 11.1. The largest absolute Gasteiger partial charge is 0.326 e. The van der Waals surface area contributed by atoms with Gasteiger partial charge in [-0.3, -0.25) is 4.79 Å². The van der Waals surface area contributed by atoms with Gasteiger partial charge in [-0.15, -0.1) is 22.8 Å². The Morgan fingerprint density at radius 3 is 2.89 bits per heavy atom. The predicted octanol–water partition coefficient (Wildman–Crippen LogP) is 3.03. The zero-order chi connectivity index (χ0) is 13.1. The first-order valence-electron chi connectivity index (χ1n) is 5.12. The number of anilines is 1. The molecule has 1 amide bonds. The number of hydrogen-bond donors (Lipinski definition) is 2. The van der Waals surface area contributed by atoms with Crippen LogP contribution in [0.1, 0.15) is 17.5 Å². The van der Waals surface area contributed by atoms with Crippen LogP contribution < -0.4 is 5.32 Å². The van der Waals surface area contributed by atoms with Crippen LogP contribution >= 0.6 is 35.6 Å². The van der Waals surface area contributed by atoms with Crippen LogP contribution in [0.5, 0.6) is 0 Å². The van der Waals surface area contributed by atoms with Crippen molar-refractivity contribution >= 4 is 47.2 Å². The molecule has 2 aromatic rings. The summed E-state index contributed by atoms with van der Waals surface area (Å²) in [5, 5.41) is 12.1. The molecular weight excluding hydrogens is 290 g/mol. The minimum absolute atomic E-state index is 0.120. The number of nitrogens with one attached hydrogen (secondary N) is 1. The molecule has 1 aromatic heterocycles. The van der Waals surface area contributed by atoms with Crippen molar-refractivity contribution in [3.8, 4) is 0 Å². The van der Waals surface area contributed by atoms with Crippen molar-refractivity contribution in [2.45, 2.75) is 17.7 Å². The number of rotatable bonds is 3. The summed E-state index contributed by atoms with van der Waals surface area (Å²) in [6.07, 6.45) is 0.564. The smallest absolute Gasteiger partial charge is 0.221 e. The maximum atomic E-state index is 11.1. The van der Waals surface area contributed by atoms with Gasteiger partial charge < -0.3 is 5.32 Å². The summed E-state index contributed by atoms with van der Waals surface area (Å²) in [7, 11) is 0. The first-order valence-corrected chi connectivity index (χ1v) is 6.76. The van der Waals surface area contributed by atoms with E-state index >= 15 is 0 Å². The van der Waals surface area contributed by atoms with Gasteiger partial charge >= 0.3 is 0 Å². The van der Waals surface area contributed by atoms with Crippen LogP contribution in [0.4, 0.5) is 5.69 Å². The van der Waals surface area contributed by atoms with Crippen molar-refractivity contribution < 1.29 is 4.79 Å². The molecule has 18 heavy (non-hydrogen) atoms. The first-order chi connectivity index (χ1) is 8.54. The Morgan fingerprint density at radius 2 is 2.28 bits per heavy atom. The number of thiol groups is 1. The number of carbonyl (C=O) groups excluding carboxylic acids is 1. The quantitative estimate of drug-likeness (QED) is 0.857. The minimum atomic E-state index is -0.120. The molecule has 7 heteroatoms. The van der Waals surface area contributed by atoms with Crippen molar-refractivity contribution in [1.82, 2.24) is 10.2 Å². The summed E-state index contributed by atoms with van der Waals surface area (Å²) in [4.78, 5) is 11.1. The topological polar surface area (TPSA) is 54.9 Å². The molecule has 1 aromatic carbocycles. The fourth-order valence-electron chi connectivity index (χ4n) is 1.50. The number of benzene rings is 1. The van der Waals surface area contributed by atoms with E-state index in [1.165, 1.54) is 18.3 Å². The van der Waals surface area contributed by atoms with E-state index in [9.17, 15) is 4.79 Å². The molecule has 2 rings (SSSR count). The molecule has 0 saturated carbocycles. The van der Waals surface area contributed by atoms with E-state index in [2.05, 4.69) is 28.1 Å². The average Bonchev–Trinajstić information content (AvgIpc) is 2.67. The third-order valence-electron chi connectivity index (χ3n) is 2.18. The first kappa shape index (κ1) is 13.3. The summed E-state index contributed by atoms with van der Waals surface area (Å²) in [5.41, 5.74) is 1.64. The van der Waals surface area contributed by atoms with Crippen LogP contribution in [0.3, 0.4) is 0 Å². The Hall–Kier alpha value is -1.11. The second-order valence-electron chi connectivity index (χ2n) is 3.64. The molecule has 0 aliphatic heterocycles. The number of aromatic nitrogens is 2. The third-order valence-corrected chi connectivity index (χ3v) is 3.50. The maximum Gasteiger partial charge on any atom is 0.221 e. The SMILES string of the molecule is CC(=O)Nc1ccc(Cl)cc1Cc1nnc(S)s1. The lowest BCUT2D eigenvalue weighted by molar-refractivity contribution is -0.114. The summed E-state index contributed by atoms with van der Waals surface area (Å²) in [6, 6.07) is 5.33. The molecule has 0 radical (unpaired) electrons. The molecule has 94 valence electrons. The lowest BCUT2D eigenvalue weighted by Crippen LogP contribution is -2.08. The van der Waals surface area contributed by atoms with Crippen molar-refractivity contribution in [2.75, 3.05) is 5.32 Å². The van der Waals surface area contributed by atoms with E-state index in [1.807, 2.05) is 6.07 Å². The van der Waals surface area contributed by atoms with Gasteiger partial charge in [-0.05, 0) is 23.8 Å². The number of amides is 1. The minimum Gasteiger partial charge on any atom is -0.326 e. The van der Waals surface area contributed by atoms with Gasteiger partial charge in [-0.25, -0.2) is 0 Å². The molecule has 0 fully saturated rings. The van der Waals surface area contributed by atoms with Crippen LogP contribution in [0.2, 0.25) is 5.02 Å². The average molecular weight is 300 g/mol. The predicted molar refractivity (Wildman–Crippen MR) is 75.7 cm³/mol. The fourth-order valence-corrected chi connectivity index (χ4v) is 2.66. The van der Waals surface area contributed by atoms with Gasteiger partial charge in [-0.2, -0.15) is 0 Å². The van der Waals surface area contributed by atoms with Crippen molar-refractivity contribution in [1.29, 1.82) is 0 Å². The van der Waals surface area contributed by atoms with Crippen LogP contribution in [0.15, 0.2) is 22.5 Å². The van der Waals surface area contributed by atoms with Crippen LogP contribution in [0.25, 0.3) is 0 Å². The normalized spacial score (nSPS) is 10.4. The second-order valence-corrected chi connectivity index (χ2v) is 5.86. The Labute approximate surface area is 119 Å². The highest BCUT2D eigenvalue weighted by molar-refractivity contribution is 7.82. The molecule has 0 aliphatic carbocycles. The van der Waals surface area contributed by atoms with Crippen molar-refractivity contribution in [3.63, 3.8) is 0 Å². The van der Waals surface area contributed by atoms with Gasteiger partial charge in [0.2, 0.25) is 5.91 Å². The highest BCUT2D eigenvalue weighted by Gasteiger charge is 2.09. The van der Waals surface area contributed by atoms with E-state index in [4.69, 9.17) is 11.6 Å². The zero-order valence-corrected chi connectivity index (χ0v) is 11.9. The van der Waals surface area contributed by atoms with Crippen LogP contribution in [-0.4, -0.2) is 16.1 Å². The van der Waals surface area contributed by atoms with Gasteiger partial charge in [0.15, 0.2) is 4.34 Å². The van der Waals surface area contributed by atoms with Crippen LogP contribution in [-0.2, 0) is 11.2 Å². The molecule has 1 N–H and O–H groups in total. The molecule has 4 nitrogen and oxygen atoms in total. The number of hydrogen-bond acceptors (Lipinski definition) is 5. The van der Waals surface area contributed by atoms with E-state index in [0.29, 0.717) is 15.8 Å². The summed E-state index contributed by atoms with van der Waals surface area (Å²) in [5.74, 6) is -0.120. The molecular formula is C11H10ClN3OS2. The standard InChI is InChI=1S/C11H10ClN3OS2/c1-6(16)13-9-3-2-8(12)4-7(9)5-10-14-15-11(17)18-10/h2-4H,5H2,1H3,(H,13,16)(H,15,17). The summed E-state index contributed by atoms with van der Waals surface area (Å²) >= 11 is 11.5.